The molecule has 15 heavy (non-hydrogen) atoms. The van der Waals surface area contributed by atoms with Crippen LogP contribution in [0.5, 0.6) is 0 Å². The fraction of sp³-hybridized carbons (Fsp3) is 0.182. The summed E-state index contributed by atoms with van der Waals surface area (Å²) in [5.41, 5.74) is 0.588. The number of hydrogen-bond donors (Lipinski definition) is 0. The molecule has 0 saturated carbocycles. The van der Waals surface area contributed by atoms with Crippen LogP contribution in [0.15, 0.2) is 30.5 Å². The van der Waals surface area contributed by atoms with Gasteiger partial charge in [-0.05, 0) is 24.3 Å². The highest BCUT2D eigenvalue weighted by atomic mass is 35.5. The van der Waals surface area contributed by atoms with Gasteiger partial charge in [0.2, 0.25) is 5.91 Å². The first-order valence-electron chi connectivity index (χ1n) is 4.58. The van der Waals surface area contributed by atoms with Gasteiger partial charge in [-0.3, -0.25) is 9.36 Å². The van der Waals surface area contributed by atoms with Crippen LogP contribution in [0.25, 0.3) is 10.9 Å². The van der Waals surface area contributed by atoms with Crippen molar-refractivity contribution in [3.63, 3.8) is 0 Å². The molecule has 2 rings (SSSR count). The van der Waals surface area contributed by atoms with Crippen molar-refractivity contribution in [3.8, 4) is 0 Å². The van der Waals surface area contributed by atoms with Crippen LogP contribution in [0, 0.1) is 5.82 Å². The SMILES string of the molecule is O=C(CCCl)n1ccc2ccc(F)cc21. The Morgan fingerprint density at radius 1 is 1.40 bits per heavy atom. The second-order valence-electron chi connectivity index (χ2n) is 3.22. The van der Waals surface area contributed by atoms with Gasteiger partial charge in [-0.15, -0.1) is 11.6 Å². The molecule has 0 aliphatic rings. The van der Waals surface area contributed by atoms with Gasteiger partial charge in [0.05, 0.1) is 5.52 Å². The second-order valence-corrected chi connectivity index (χ2v) is 3.60. The predicted octanol–water partition coefficient (Wildman–Crippen LogP) is 3.05. The van der Waals surface area contributed by atoms with Gasteiger partial charge in [-0.1, -0.05) is 0 Å². The third kappa shape index (κ3) is 1.88. The van der Waals surface area contributed by atoms with Crippen LogP contribution >= 0.6 is 11.6 Å². The molecule has 0 fully saturated rings. The quantitative estimate of drug-likeness (QED) is 0.720. The molecule has 0 bridgehead atoms. The fourth-order valence-electron chi connectivity index (χ4n) is 1.52. The van der Waals surface area contributed by atoms with Gasteiger partial charge >= 0.3 is 0 Å². The van der Waals surface area contributed by atoms with Crippen molar-refractivity contribution >= 4 is 28.4 Å². The number of fused-ring (bicyclic) bond motifs is 1. The summed E-state index contributed by atoms with van der Waals surface area (Å²) < 4.78 is 14.4. The highest BCUT2D eigenvalue weighted by Gasteiger charge is 2.08. The number of aromatic nitrogens is 1. The number of nitrogens with zero attached hydrogens (tertiary/aromatic N) is 1. The number of benzene rings is 1. The maximum Gasteiger partial charge on any atom is 0.232 e. The van der Waals surface area contributed by atoms with E-state index in [0.29, 0.717) is 5.52 Å². The van der Waals surface area contributed by atoms with Gasteiger partial charge in [0, 0.05) is 23.9 Å². The molecule has 2 nitrogen and oxygen atoms in total. The van der Waals surface area contributed by atoms with E-state index in [1.54, 1.807) is 18.3 Å². The monoisotopic (exact) mass is 225 g/mol. The molecule has 0 aliphatic heterocycles. The van der Waals surface area contributed by atoms with E-state index >= 15 is 0 Å². The molecule has 0 atom stereocenters. The van der Waals surface area contributed by atoms with Crippen molar-refractivity contribution in [1.82, 2.24) is 4.57 Å². The summed E-state index contributed by atoms with van der Waals surface area (Å²) in [6.07, 6.45) is 1.89. The van der Waals surface area contributed by atoms with Crippen molar-refractivity contribution in [2.75, 3.05) is 5.88 Å². The Morgan fingerprint density at radius 3 is 2.93 bits per heavy atom. The lowest BCUT2D eigenvalue weighted by Crippen LogP contribution is -2.09. The lowest BCUT2D eigenvalue weighted by atomic mass is 10.2. The van der Waals surface area contributed by atoms with Crippen LogP contribution < -0.4 is 0 Å². The van der Waals surface area contributed by atoms with E-state index in [1.807, 2.05) is 0 Å². The zero-order valence-corrected chi connectivity index (χ0v) is 8.67. The summed E-state index contributed by atoms with van der Waals surface area (Å²) in [5.74, 6) is -0.194. The Morgan fingerprint density at radius 2 is 2.20 bits per heavy atom. The van der Waals surface area contributed by atoms with Crippen molar-refractivity contribution in [3.05, 3.63) is 36.3 Å². The molecule has 0 amide bonds. The maximum absolute atomic E-state index is 13.0. The Hall–Kier alpha value is -1.35. The summed E-state index contributed by atoms with van der Waals surface area (Å²) in [6, 6.07) is 6.15. The first-order valence-corrected chi connectivity index (χ1v) is 5.11. The third-order valence-corrected chi connectivity index (χ3v) is 2.42. The summed E-state index contributed by atoms with van der Waals surface area (Å²) in [4.78, 5) is 11.6. The van der Waals surface area contributed by atoms with Gasteiger partial charge in [-0.2, -0.15) is 0 Å². The molecule has 1 aromatic heterocycles. The lowest BCUT2D eigenvalue weighted by molar-refractivity contribution is 0.0915. The molecule has 4 heteroatoms. The highest BCUT2D eigenvalue weighted by molar-refractivity contribution is 6.19. The van der Waals surface area contributed by atoms with Gasteiger partial charge < -0.3 is 0 Å². The maximum atomic E-state index is 13.0. The zero-order chi connectivity index (χ0) is 10.8. The Bertz CT molecular complexity index is 506. The smallest absolute Gasteiger partial charge is 0.232 e. The Labute approximate surface area is 91.3 Å². The molecular weight excluding hydrogens is 217 g/mol. The Kier molecular flexibility index (Phi) is 2.73. The van der Waals surface area contributed by atoms with E-state index in [9.17, 15) is 9.18 Å². The average Bonchev–Trinajstić information content (AvgIpc) is 2.60. The van der Waals surface area contributed by atoms with E-state index in [-0.39, 0.29) is 24.0 Å². The van der Waals surface area contributed by atoms with Crippen LogP contribution in [0.4, 0.5) is 4.39 Å². The van der Waals surface area contributed by atoms with Crippen LogP contribution in [-0.4, -0.2) is 16.4 Å². The second kappa shape index (κ2) is 4.03. The molecule has 0 saturated heterocycles. The van der Waals surface area contributed by atoms with Gasteiger partial charge in [0.25, 0.3) is 0 Å². The number of rotatable bonds is 2. The van der Waals surface area contributed by atoms with Crippen molar-refractivity contribution in [2.45, 2.75) is 6.42 Å². The van der Waals surface area contributed by atoms with Gasteiger partial charge in [-0.25, -0.2) is 4.39 Å². The number of carbonyl (C=O) groups is 1. The topological polar surface area (TPSA) is 22.0 Å². The lowest BCUT2D eigenvalue weighted by Gasteiger charge is -2.01. The minimum atomic E-state index is -0.346. The summed E-state index contributed by atoms with van der Waals surface area (Å²) in [7, 11) is 0. The fourth-order valence-corrected chi connectivity index (χ4v) is 1.68. The number of hydrogen-bond acceptors (Lipinski definition) is 1. The van der Waals surface area contributed by atoms with Crippen molar-refractivity contribution < 1.29 is 9.18 Å². The van der Waals surface area contributed by atoms with Crippen LogP contribution in [0.1, 0.15) is 11.2 Å². The minimum Gasteiger partial charge on any atom is -0.287 e. The first kappa shape index (κ1) is 10.2. The van der Waals surface area contributed by atoms with E-state index in [1.165, 1.54) is 16.7 Å². The number of alkyl halides is 1. The van der Waals surface area contributed by atoms with Crippen LogP contribution in [0.2, 0.25) is 0 Å². The predicted molar refractivity (Wildman–Crippen MR) is 57.9 cm³/mol. The van der Waals surface area contributed by atoms with Crippen molar-refractivity contribution in [1.29, 1.82) is 0 Å². The number of carbonyl (C=O) groups excluding carboxylic acids is 1. The summed E-state index contributed by atoms with van der Waals surface area (Å²) >= 11 is 5.49. The summed E-state index contributed by atoms with van der Waals surface area (Å²) in [5, 5.41) is 0.847. The van der Waals surface area contributed by atoms with E-state index < -0.39 is 0 Å². The molecule has 1 aromatic carbocycles. The molecule has 0 radical (unpaired) electrons. The molecule has 78 valence electrons. The van der Waals surface area contributed by atoms with Gasteiger partial charge in [0.1, 0.15) is 5.82 Å². The Balaban J connectivity index is 2.52. The molecular formula is C11H9ClFNO. The zero-order valence-electron chi connectivity index (χ0n) is 7.91. The van der Waals surface area contributed by atoms with Crippen molar-refractivity contribution in [2.24, 2.45) is 0 Å². The largest absolute Gasteiger partial charge is 0.287 e. The minimum absolute atomic E-state index is 0.120. The number of halogens is 2. The third-order valence-electron chi connectivity index (χ3n) is 2.23. The molecule has 0 unspecified atom stereocenters. The summed E-state index contributed by atoms with van der Waals surface area (Å²) in [6.45, 7) is 0. The average molecular weight is 226 g/mol. The van der Waals surface area contributed by atoms with E-state index in [0.717, 1.165) is 5.39 Å². The molecule has 0 spiro atoms. The van der Waals surface area contributed by atoms with Crippen LogP contribution in [0.3, 0.4) is 0 Å². The highest BCUT2D eigenvalue weighted by Crippen LogP contribution is 2.17. The molecule has 1 heterocycles. The first-order chi connectivity index (χ1) is 7.22. The standard InChI is InChI=1S/C11H9ClFNO/c12-5-3-11(15)14-6-4-8-1-2-9(13)7-10(8)14/h1-2,4,6-7H,3,5H2. The molecule has 2 aromatic rings. The van der Waals surface area contributed by atoms with Gasteiger partial charge in [0.15, 0.2) is 0 Å². The van der Waals surface area contributed by atoms with Crippen LogP contribution in [-0.2, 0) is 0 Å². The van der Waals surface area contributed by atoms with E-state index in [2.05, 4.69) is 0 Å². The van der Waals surface area contributed by atoms with E-state index in [4.69, 9.17) is 11.6 Å². The molecule has 0 aliphatic carbocycles. The molecule has 0 N–H and O–H groups in total. The normalized spacial score (nSPS) is 10.8.